The molecule has 0 aliphatic heterocycles. The van der Waals surface area contributed by atoms with E-state index in [-0.39, 0.29) is 12.4 Å². The van der Waals surface area contributed by atoms with Crippen molar-refractivity contribution >= 4 is 12.4 Å². The Morgan fingerprint density at radius 3 is 2.22 bits per heavy atom. The van der Waals surface area contributed by atoms with Gasteiger partial charge in [0, 0.05) is 5.56 Å². The maximum Gasteiger partial charge on any atom is 0.573 e. The molecule has 0 heterocycles. The van der Waals surface area contributed by atoms with Crippen molar-refractivity contribution in [1.82, 2.24) is 0 Å². The standard InChI is InChI=1S/C9H8F5NO2.ClH/c10-8(11)7(15)5-3-4(1-2-6(5)16)17-9(12,13)14;/h1-3,7-8,16H,15H2;1H/t7-;/m1./s1. The highest BCUT2D eigenvalue weighted by Crippen LogP contribution is 2.32. The van der Waals surface area contributed by atoms with Gasteiger partial charge in [-0.05, 0) is 18.2 Å². The number of alkyl halides is 5. The summed E-state index contributed by atoms with van der Waals surface area (Å²) >= 11 is 0. The van der Waals surface area contributed by atoms with Gasteiger partial charge in [-0.2, -0.15) is 0 Å². The minimum absolute atomic E-state index is 0. The molecule has 1 aromatic carbocycles. The summed E-state index contributed by atoms with van der Waals surface area (Å²) in [6.07, 6.45) is -7.95. The van der Waals surface area contributed by atoms with Crippen LogP contribution in [0, 0.1) is 0 Å². The lowest BCUT2D eigenvalue weighted by atomic mass is 10.1. The molecule has 0 bridgehead atoms. The van der Waals surface area contributed by atoms with Crippen LogP contribution in [0.4, 0.5) is 22.0 Å². The van der Waals surface area contributed by atoms with Crippen molar-refractivity contribution in [3.63, 3.8) is 0 Å². The highest BCUT2D eigenvalue weighted by molar-refractivity contribution is 5.85. The molecule has 0 aliphatic carbocycles. The minimum Gasteiger partial charge on any atom is -0.508 e. The second kappa shape index (κ2) is 6.05. The average Bonchev–Trinajstić information content (AvgIpc) is 2.17. The molecular weight excluding hydrogens is 285 g/mol. The Morgan fingerprint density at radius 2 is 1.78 bits per heavy atom. The van der Waals surface area contributed by atoms with E-state index in [1.165, 1.54) is 0 Å². The van der Waals surface area contributed by atoms with Crippen LogP contribution in [0.25, 0.3) is 0 Å². The summed E-state index contributed by atoms with van der Waals surface area (Å²) in [7, 11) is 0. The van der Waals surface area contributed by atoms with Gasteiger partial charge in [-0.15, -0.1) is 25.6 Å². The molecule has 3 N–H and O–H groups in total. The van der Waals surface area contributed by atoms with Gasteiger partial charge in [0.2, 0.25) is 0 Å². The number of phenolic OH excluding ortho intramolecular Hbond substituents is 1. The van der Waals surface area contributed by atoms with Crippen molar-refractivity contribution in [3.05, 3.63) is 23.8 Å². The number of nitrogens with two attached hydrogens (primary N) is 1. The van der Waals surface area contributed by atoms with Gasteiger partial charge in [0.1, 0.15) is 11.5 Å². The Labute approximate surface area is 105 Å². The first-order valence-electron chi connectivity index (χ1n) is 4.33. The van der Waals surface area contributed by atoms with Crippen LogP contribution >= 0.6 is 12.4 Å². The number of ether oxygens (including phenoxy) is 1. The van der Waals surface area contributed by atoms with Crippen molar-refractivity contribution in [2.45, 2.75) is 18.8 Å². The van der Waals surface area contributed by atoms with Crippen molar-refractivity contribution in [3.8, 4) is 11.5 Å². The molecule has 18 heavy (non-hydrogen) atoms. The summed E-state index contributed by atoms with van der Waals surface area (Å²) in [5.74, 6) is -1.34. The van der Waals surface area contributed by atoms with Crippen LogP contribution in [0.15, 0.2) is 18.2 Å². The average molecular weight is 294 g/mol. The van der Waals surface area contributed by atoms with E-state index in [2.05, 4.69) is 4.74 Å². The molecule has 0 saturated heterocycles. The Kier molecular flexibility index (Phi) is 5.62. The minimum atomic E-state index is -4.94. The molecule has 0 aromatic heterocycles. The first-order valence-corrected chi connectivity index (χ1v) is 4.33. The zero-order valence-corrected chi connectivity index (χ0v) is 9.43. The summed E-state index contributed by atoms with van der Waals surface area (Å²) in [6.45, 7) is 0. The lowest BCUT2D eigenvalue weighted by Crippen LogP contribution is -2.20. The smallest absolute Gasteiger partial charge is 0.508 e. The molecule has 0 aliphatic rings. The molecule has 0 saturated carbocycles. The first kappa shape index (κ1) is 16.7. The van der Waals surface area contributed by atoms with Gasteiger partial charge in [-0.3, -0.25) is 0 Å². The third-order valence-corrected chi connectivity index (χ3v) is 1.86. The normalized spacial score (nSPS) is 13.1. The SMILES string of the molecule is Cl.N[C@H](c1cc(OC(F)(F)F)ccc1O)C(F)F. The monoisotopic (exact) mass is 293 g/mol. The fraction of sp³-hybridized carbons (Fsp3) is 0.333. The van der Waals surface area contributed by atoms with E-state index in [0.717, 1.165) is 12.1 Å². The van der Waals surface area contributed by atoms with E-state index in [1.54, 1.807) is 0 Å². The molecular formula is C9H9ClF5NO2. The second-order valence-electron chi connectivity index (χ2n) is 3.13. The summed E-state index contributed by atoms with van der Waals surface area (Å²) in [5.41, 5.74) is 4.51. The molecule has 1 atom stereocenters. The molecule has 0 unspecified atom stereocenters. The molecule has 1 aromatic rings. The topological polar surface area (TPSA) is 55.5 Å². The number of halogens is 6. The molecule has 0 spiro atoms. The molecule has 1 rings (SSSR count). The van der Waals surface area contributed by atoms with E-state index < -0.39 is 35.9 Å². The van der Waals surface area contributed by atoms with Gasteiger partial charge in [0.15, 0.2) is 0 Å². The summed E-state index contributed by atoms with van der Waals surface area (Å²) < 4.78 is 63.7. The molecule has 0 fully saturated rings. The number of hydrogen-bond acceptors (Lipinski definition) is 3. The Hall–Kier alpha value is -1.28. The van der Waals surface area contributed by atoms with Crippen LogP contribution in [0.1, 0.15) is 11.6 Å². The maximum atomic E-state index is 12.3. The molecule has 3 nitrogen and oxygen atoms in total. The van der Waals surface area contributed by atoms with Crippen molar-refractivity contribution in [2.24, 2.45) is 5.73 Å². The number of hydrogen-bond donors (Lipinski definition) is 2. The van der Waals surface area contributed by atoms with Gasteiger partial charge in [0.05, 0.1) is 6.04 Å². The molecule has 0 amide bonds. The van der Waals surface area contributed by atoms with Crippen LogP contribution in [0.5, 0.6) is 11.5 Å². The zero-order chi connectivity index (χ0) is 13.2. The highest BCUT2D eigenvalue weighted by Gasteiger charge is 2.32. The predicted octanol–water partition coefficient (Wildman–Crippen LogP) is 2.98. The fourth-order valence-electron chi connectivity index (χ4n) is 1.13. The summed E-state index contributed by atoms with van der Waals surface area (Å²) in [5, 5.41) is 9.20. The van der Waals surface area contributed by atoms with Crippen molar-refractivity contribution in [2.75, 3.05) is 0 Å². The number of benzene rings is 1. The second-order valence-corrected chi connectivity index (χ2v) is 3.13. The largest absolute Gasteiger partial charge is 0.573 e. The van der Waals surface area contributed by atoms with E-state index in [1.807, 2.05) is 0 Å². The lowest BCUT2D eigenvalue weighted by molar-refractivity contribution is -0.274. The highest BCUT2D eigenvalue weighted by atomic mass is 35.5. The fourth-order valence-corrected chi connectivity index (χ4v) is 1.13. The van der Waals surface area contributed by atoms with Crippen LogP contribution in [0.2, 0.25) is 0 Å². The lowest BCUT2D eigenvalue weighted by Gasteiger charge is -2.15. The van der Waals surface area contributed by atoms with E-state index >= 15 is 0 Å². The Bertz CT molecular complexity index is 399. The zero-order valence-electron chi connectivity index (χ0n) is 8.62. The summed E-state index contributed by atoms with van der Waals surface area (Å²) in [6, 6.07) is 0.342. The maximum absolute atomic E-state index is 12.3. The van der Waals surface area contributed by atoms with Gasteiger partial charge < -0.3 is 15.6 Å². The molecule has 0 radical (unpaired) electrons. The van der Waals surface area contributed by atoms with Crippen LogP contribution in [-0.4, -0.2) is 17.9 Å². The van der Waals surface area contributed by atoms with Gasteiger partial charge in [0.25, 0.3) is 6.43 Å². The quantitative estimate of drug-likeness (QED) is 0.842. The number of rotatable bonds is 3. The van der Waals surface area contributed by atoms with Crippen molar-refractivity contribution in [1.29, 1.82) is 0 Å². The third-order valence-electron chi connectivity index (χ3n) is 1.86. The number of phenols is 1. The first-order chi connectivity index (χ1) is 7.70. The van der Waals surface area contributed by atoms with Crippen LogP contribution < -0.4 is 10.5 Å². The van der Waals surface area contributed by atoms with Gasteiger partial charge in [-0.25, -0.2) is 8.78 Å². The number of aromatic hydroxyl groups is 1. The Morgan fingerprint density at radius 1 is 1.22 bits per heavy atom. The van der Waals surface area contributed by atoms with Gasteiger partial charge in [-0.1, -0.05) is 0 Å². The summed E-state index contributed by atoms with van der Waals surface area (Å²) in [4.78, 5) is 0. The van der Waals surface area contributed by atoms with E-state index in [4.69, 9.17) is 5.73 Å². The predicted molar refractivity (Wildman–Crippen MR) is 55.0 cm³/mol. The van der Waals surface area contributed by atoms with Gasteiger partial charge >= 0.3 is 6.36 Å². The molecule has 104 valence electrons. The van der Waals surface area contributed by atoms with Crippen LogP contribution in [0.3, 0.4) is 0 Å². The van der Waals surface area contributed by atoms with E-state index in [0.29, 0.717) is 6.07 Å². The Balaban J connectivity index is 0.00000289. The third kappa shape index (κ3) is 4.53. The van der Waals surface area contributed by atoms with Crippen LogP contribution in [-0.2, 0) is 0 Å². The molecule has 9 heteroatoms. The van der Waals surface area contributed by atoms with E-state index in [9.17, 15) is 27.1 Å². The van der Waals surface area contributed by atoms with Crippen molar-refractivity contribution < 1.29 is 31.8 Å².